The molecule has 0 aliphatic rings. The number of rotatable bonds is 6. The van der Waals surface area contributed by atoms with Gasteiger partial charge < -0.3 is 19.4 Å². The predicted octanol–water partition coefficient (Wildman–Crippen LogP) is 1.86. The van der Waals surface area contributed by atoms with E-state index in [4.69, 9.17) is 19.4 Å². The predicted molar refractivity (Wildman–Crippen MR) is 70.1 cm³/mol. The van der Waals surface area contributed by atoms with E-state index in [1.807, 2.05) is 0 Å². The van der Waals surface area contributed by atoms with Crippen LogP contribution in [0.4, 0.5) is 0 Å². The lowest BCUT2D eigenvalue weighted by atomic mass is 10.3. The number of fused-ring (bicyclic) bond motifs is 1. The third-order valence-electron chi connectivity index (χ3n) is 2.45. The molecule has 0 radical (unpaired) electrons. The van der Waals surface area contributed by atoms with Crippen LogP contribution < -0.4 is 4.74 Å². The molecule has 0 amide bonds. The second-order valence-electron chi connectivity index (χ2n) is 3.86. The van der Waals surface area contributed by atoms with Crippen molar-refractivity contribution in [2.24, 2.45) is 0 Å². The molecule has 0 saturated carbocycles. The number of hydrogen-bond acceptors (Lipinski definition) is 6. The Morgan fingerprint density at radius 1 is 1.45 bits per heavy atom. The maximum absolute atomic E-state index is 11.0. The molecule has 1 heterocycles. The van der Waals surface area contributed by atoms with Crippen molar-refractivity contribution in [3.8, 4) is 5.75 Å². The number of carboxylic acids is 2. The van der Waals surface area contributed by atoms with Gasteiger partial charge in [-0.05, 0) is 12.1 Å². The zero-order valence-electron chi connectivity index (χ0n) is 10.4. The minimum atomic E-state index is -1.22. The topological polar surface area (TPSA) is 110 Å². The first-order chi connectivity index (χ1) is 9.49. The highest BCUT2D eigenvalue weighted by Gasteiger charge is 2.25. The van der Waals surface area contributed by atoms with Gasteiger partial charge in [-0.15, -0.1) is 0 Å². The number of methoxy groups -OCH3 is 1. The number of aromatic nitrogens is 1. The van der Waals surface area contributed by atoms with Gasteiger partial charge in [-0.1, -0.05) is 11.8 Å². The highest BCUT2D eigenvalue weighted by atomic mass is 32.2. The highest BCUT2D eigenvalue weighted by molar-refractivity contribution is 8.00. The summed E-state index contributed by atoms with van der Waals surface area (Å²) in [7, 11) is 1.52. The average Bonchev–Trinajstić information content (AvgIpc) is 2.78. The Hall–Kier alpha value is -2.22. The minimum absolute atomic E-state index is 0.113. The van der Waals surface area contributed by atoms with Gasteiger partial charge >= 0.3 is 11.9 Å². The van der Waals surface area contributed by atoms with E-state index in [0.29, 0.717) is 16.8 Å². The maximum atomic E-state index is 11.0. The van der Waals surface area contributed by atoms with Gasteiger partial charge in [0.1, 0.15) is 16.5 Å². The van der Waals surface area contributed by atoms with Crippen molar-refractivity contribution < 1.29 is 29.0 Å². The summed E-state index contributed by atoms with van der Waals surface area (Å²) in [5, 5.41) is 16.6. The number of aliphatic carboxylic acids is 2. The Labute approximate surface area is 117 Å². The average molecular weight is 297 g/mol. The normalized spacial score (nSPS) is 12.2. The number of ether oxygens (including phenoxy) is 1. The molecule has 7 nitrogen and oxygen atoms in total. The van der Waals surface area contributed by atoms with E-state index in [9.17, 15) is 9.59 Å². The van der Waals surface area contributed by atoms with Gasteiger partial charge in [0.2, 0.25) is 0 Å². The molecule has 20 heavy (non-hydrogen) atoms. The Bertz CT molecular complexity index is 652. The van der Waals surface area contributed by atoms with Crippen molar-refractivity contribution >= 4 is 34.8 Å². The number of oxazole rings is 1. The van der Waals surface area contributed by atoms with E-state index in [1.165, 1.54) is 7.11 Å². The quantitative estimate of drug-likeness (QED) is 0.777. The first-order valence-corrected chi connectivity index (χ1v) is 6.43. The first-order valence-electron chi connectivity index (χ1n) is 5.55. The van der Waals surface area contributed by atoms with Crippen molar-refractivity contribution in [2.75, 3.05) is 7.11 Å². The summed E-state index contributed by atoms with van der Waals surface area (Å²) >= 11 is 0.765. The first kappa shape index (κ1) is 14.2. The molecule has 1 aromatic heterocycles. The fourth-order valence-corrected chi connectivity index (χ4v) is 2.38. The zero-order chi connectivity index (χ0) is 14.7. The molecular weight excluding hydrogens is 286 g/mol. The Morgan fingerprint density at radius 2 is 2.20 bits per heavy atom. The molecule has 2 N–H and O–H groups in total. The molecule has 1 atom stereocenters. The second kappa shape index (κ2) is 5.83. The summed E-state index contributed by atoms with van der Waals surface area (Å²) in [6, 6.07) is 4.99. The van der Waals surface area contributed by atoms with Crippen molar-refractivity contribution in [1.82, 2.24) is 4.98 Å². The van der Waals surface area contributed by atoms with Crippen LogP contribution in [-0.2, 0) is 9.59 Å². The van der Waals surface area contributed by atoms with Gasteiger partial charge in [-0.25, -0.2) is 4.98 Å². The molecule has 0 bridgehead atoms. The lowest BCUT2D eigenvalue weighted by molar-refractivity contribution is -0.142. The third-order valence-corrected chi connectivity index (χ3v) is 3.48. The van der Waals surface area contributed by atoms with Gasteiger partial charge in [0.05, 0.1) is 13.5 Å². The fraction of sp³-hybridized carbons (Fsp3) is 0.250. The van der Waals surface area contributed by atoms with Crippen molar-refractivity contribution in [3.05, 3.63) is 18.2 Å². The van der Waals surface area contributed by atoms with Gasteiger partial charge in [-0.3, -0.25) is 9.59 Å². The minimum Gasteiger partial charge on any atom is -0.497 e. The molecule has 106 valence electrons. The van der Waals surface area contributed by atoms with Gasteiger partial charge in [0, 0.05) is 6.07 Å². The molecule has 2 aromatic rings. The molecule has 0 fully saturated rings. The van der Waals surface area contributed by atoms with Crippen LogP contribution in [0.3, 0.4) is 0 Å². The molecule has 8 heteroatoms. The van der Waals surface area contributed by atoms with Crippen LogP contribution in [-0.4, -0.2) is 39.5 Å². The largest absolute Gasteiger partial charge is 0.497 e. The summed E-state index contributed by atoms with van der Waals surface area (Å²) < 4.78 is 10.4. The van der Waals surface area contributed by atoms with Gasteiger partial charge in [0.15, 0.2) is 5.58 Å². The summed E-state index contributed by atoms with van der Waals surface area (Å²) in [6.45, 7) is 0. The van der Waals surface area contributed by atoms with Crippen molar-refractivity contribution in [1.29, 1.82) is 0 Å². The Morgan fingerprint density at radius 3 is 2.80 bits per heavy atom. The van der Waals surface area contributed by atoms with Crippen LogP contribution in [0, 0.1) is 0 Å². The van der Waals surface area contributed by atoms with Gasteiger partial charge in [0.25, 0.3) is 5.22 Å². The number of nitrogens with zero attached hydrogens (tertiary/aromatic N) is 1. The van der Waals surface area contributed by atoms with Crippen molar-refractivity contribution in [2.45, 2.75) is 16.9 Å². The van der Waals surface area contributed by atoms with Gasteiger partial charge in [-0.2, -0.15) is 0 Å². The van der Waals surface area contributed by atoms with E-state index >= 15 is 0 Å². The molecule has 0 aliphatic heterocycles. The molecule has 0 spiro atoms. The summed E-state index contributed by atoms with van der Waals surface area (Å²) in [5.74, 6) is -1.82. The summed E-state index contributed by atoms with van der Waals surface area (Å²) in [4.78, 5) is 25.7. The van der Waals surface area contributed by atoms with E-state index in [0.717, 1.165) is 11.8 Å². The van der Waals surface area contributed by atoms with E-state index < -0.39 is 23.6 Å². The van der Waals surface area contributed by atoms with Crippen LogP contribution in [0.15, 0.2) is 27.8 Å². The molecule has 0 aliphatic carbocycles. The standard InChI is InChI=1S/C12H11NO6S/c1-18-6-2-3-8-7(4-6)13-12(19-8)20-9(11(16)17)5-10(14)15/h2-4,9H,5H2,1H3,(H,14,15)(H,16,17). The smallest absolute Gasteiger partial charge is 0.317 e. The highest BCUT2D eigenvalue weighted by Crippen LogP contribution is 2.30. The number of hydrogen-bond donors (Lipinski definition) is 2. The lowest BCUT2D eigenvalue weighted by Crippen LogP contribution is -2.20. The SMILES string of the molecule is COc1ccc2oc(SC(CC(=O)O)C(=O)O)nc2c1. The van der Waals surface area contributed by atoms with Crippen molar-refractivity contribution in [3.63, 3.8) is 0 Å². The molecule has 1 aromatic carbocycles. The van der Waals surface area contributed by atoms with Crippen LogP contribution in [0.25, 0.3) is 11.1 Å². The number of thioether (sulfide) groups is 1. The molecule has 0 saturated heterocycles. The third kappa shape index (κ3) is 3.21. The summed E-state index contributed by atoms with van der Waals surface area (Å²) in [6.07, 6.45) is -0.512. The van der Waals surface area contributed by atoms with Crippen LogP contribution >= 0.6 is 11.8 Å². The molecule has 2 rings (SSSR count). The fourth-order valence-electron chi connectivity index (χ4n) is 1.52. The monoisotopic (exact) mass is 297 g/mol. The van der Waals surface area contributed by atoms with Crippen LogP contribution in [0.2, 0.25) is 0 Å². The lowest BCUT2D eigenvalue weighted by Gasteiger charge is -2.05. The molecule has 1 unspecified atom stereocenters. The number of carboxylic acid groups (broad SMARTS) is 2. The Kier molecular flexibility index (Phi) is 4.14. The van der Waals surface area contributed by atoms with E-state index in [-0.39, 0.29) is 5.22 Å². The van der Waals surface area contributed by atoms with E-state index in [2.05, 4.69) is 4.98 Å². The van der Waals surface area contributed by atoms with Crippen LogP contribution in [0.5, 0.6) is 5.75 Å². The molecular formula is C12H11NO6S. The van der Waals surface area contributed by atoms with Crippen LogP contribution in [0.1, 0.15) is 6.42 Å². The Balaban J connectivity index is 2.23. The van der Waals surface area contributed by atoms with E-state index in [1.54, 1.807) is 18.2 Å². The second-order valence-corrected chi connectivity index (χ2v) is 5.01. The maximum Gasteiger partial charge on any atom is 0.317 e. The summed E-state index contributed by atoms with van der Waals surface area (Å²) in [5.41, 5.74) is 0.999. The zero-order valence-corrected chi connectivity index (χ0v) is 11.2. The number of carbonyl (C=O) groups is 2. The number of benzene rings is 1.